The van der Waals surface area contributed by atoms with E-state index in [4.69, 9.17) is 5.11 Å². The van der Waals surface area contributed by atoms with Gasteiger partial charge in [-0.1, -0.05) is 0 Å². The number of carbonyl (C=O) groups is 1. The lowest BCUT2D eigenvalue weighted by atomic mass is 10.2. The van der Waals surface area contributed by atoms with Crippen molar-refractivity contribution in [2.45, 2.75) is 13.8 Å². The minimum atomic E-state index is -1.07. The summed E-state index contributed by atoms with van der Waals surface area (Å²) in [5.74, 6) is 0.0674. The standard InChI is InChI=1S/C15H13N5O2/c1-9-10(2)18-13(11-4-3-5-16-6-11)19-14(9)20-7-12(15(21)22)17-8-20/h3-8H,1-2H3,(H,21,22). The zero-order valence-corrected chi connectivity index (χ0v) is 12.1. The van der Waals surface area contributed by atoms with E-state index in [2.05, 4.69) is 19.9 Å². The van der Waals surface area contributed by atoms with Gasteiger partial charge in [-0.15, -0.1) is 0 Å². The van der Waals surface area contributed by atoms with Gasteiger partial charge in [-0.3, -0.25) is 9.55 Å². The van der Waals surface area contributed by atoms with Crippen molar-refractivity contribution in [1.82, 2.24) is 24.5 Å². The summed E-state index contributed by atoms with van der Waals surface area (Å²) in [6.45, 7) is 3.77. The average molecular weight is 295 g/mol. The van der Waals surface area contributed by atoms with Crippen LogP contribution >= 0.6 is 0 Å². The van der Waals surface area contributed by atoms with Gasteiger partial charge < -0.3 is 5.11 Å². The number of hydrogen-bond acceptors (Lipinski definition) is 5. The first-order valence-corrected chi connectivity index (χ1v) is 6.59. The Labute approximate surface area is 126 Å². The smallest absolute Gasteiger partial charge is 0.356 e. The predicted octanol–water partition coefficient (Wildman–Crippen LogP) is 2.04. The Morgan fingerprint density at radius 2 is 2.09 bits per heavy atom. The molecule has 7 heteroatoms. The van der Waals surface area contributed by atoms with Crippen LogP contribution in [0.1, 0.15) is 21.7 Å². The van der Waals surface area contributed by atoms with E-state index in [1.165, 1.54) is 12.5 Å². The van der Waals surface area contributed by atoms with Crippen LogP contribution in [-0.2, 0) is 0 Å². The quantitative estimate of drug-likeness (QED) is 0.794. The molecule has 0 unspecified atom stereocenters. The highest BCUT2D eigenvalue weighted by Gasteiger charge is 2.14. The third-order valence-corrected chi connectivity index (χ3v) is 3.33. The molecule has 0 saturated heterocycles. The molecule has 0 fully saturated rings. The van der Waals surface area contributed by atoms with Crippen molar-refractivity contribution < 1.29 is 9.90 Å². The number of imidazole rings is 1. The minimum absolute atomic E-state index is 0.0291. The molecule has 0 aliphatic carbocycles. The first kappa shape index (κ1) is 13.9. The van der Waals surface area contributed by atoms with Gasteiger partial charge in [0, 0.05) is 35.4 Å². The fraction of sp³-hybridized carbons (Fsp3) is 0.133. The van der Waals surface area contributed by atoms with Crippen LogP contribution in [0.25, 0.3) is 17.2 Å². The van der Waals surface area contributed by atoms with E-state index >= 15 is 0 Å². The van der Waals surface area contributed by atoms with Crippen molar-refractivity contribution in [2.24, 2.45) is 0 Å². The van der Waals surface area contributed by atoms with Crippen LogP contribution in [0.2, 0.25) is 0 Å². The lowest BCUT2D eigenvalue weighted by molar-refractivity contribution is 0.0691. The maximum Gasteiger partial charge on any atom is 0.356 e. The third-order valence-electron chi connectivity index (χ3n) is 3.33. The number of carboxylic acids is 1. The summed E-state index contributed by atoms with van der Waals surface area (Å²) >= 11 is 0. The second-order valence-electron chi connectivity index (χ2n) is 4.79. The normalized spacial score (nSPS) is 10.6. The summed E-state index contributed by atoms with van der Waals surface area (Å²) in [5, 5.41) is 8.98. The van der Waals surface area contributed by atoms with Gasteiger partial charge >= 0.3 is 5.97 Å². The minimum Gasteiger partial charge on any atom is -0.476 e. The molecule has 0 bridgehead atoms. The van der Waals surface area contributed by atoms with Crippen molar-refractivity contribution in [3.8, 4) is 17.2 Å². The van der Waals surface area contributed by atoms with Gasteiger partial charge in [-0.05, 0) is 26.0 Å². The number of aryl methyl sites for hydroxylation is 1. The SMILES string of the molecule is Cc1nc(-c2cccnc2)nc(-n2cnc(C(=O)O)c2)c1C. The number of hydrogen-bond donors (Lipinski definition) is 1. The Morgan fingerprint density at radius 1 is 1.27 bits per heavy atom. The Balaban J connectivity index is 2.14. The second-order valence-corrected chi connectivity index (χ2v) is 4.79. The molecule has 3 heterocycles. The zero-order chi connectivity index (χ0) is 15.7. The van der Waals surface area contributed by atoms with Gasteiger partial charge in [0.2, 0.25) is 0 Å². The molecule has 110 valence electrons. The maximum absolute atomic E-state index is 11.0. The molecule has 7 nitrogen and oxygen atoms in total. The van der Waals surface area contributed by atoms with Crippen LogP contribution < -0.4 is 0 Å². The van der Waals surface area contributed by atoms with Crippen LogP contribution in [0.5, 0.6) is 0 Å². The molecule has 0 amide bonds. The van der Waals surface area contributed by atoms with Crippen LogP contribution in [-0.4, -0.2) is 35.6 Å². The molecule has 22 heavy (non-hydrogen) atoms. The number of carboxylic acid groups (broad SMARTS) is 1. The van der Waals surface area contributed by atoms with Gasteiger partial charge in [-0.25, -0.2) is 19.7 Å². The largest absolute Gasteiger partial charge is 0.476 e. The predicted molar refractivity (Wildman–Crippen MR) is 78.8 cm³/mol. The van der Waals surface area contributed by atoms with E-state index in [0.717, 1.165) is 16.8 Å². The van der Waals surface area contributed by atoms with E-state index in [9.17, 15) is 4.79 Å². The molecule has 1 N–H and O–H groups in total. The topological polar surface area (TPSA) is 93.8 Å². The number of aromatic nitrogens is 5. The van der Waals surface area contributed by atoms with Crippen LogP contribution in [0, 0.1) is 13.8 Å². The van der Waals surface area contributed by atoms with Gasteiger partial charge in [0.25, 0.3) is 0 Å². The van der Waals surface area contributed by atoms with Crippen molar-refractivity contribution in [2.75, 3.05) is 0 Å². The molecule has 0 aliphatic heterocycles. The van der Waals surface area contributed by atoms with Crippen LogP contribution in [0.3, 0.4) is 0 Å². The second kappa shape index (κ2) is 5.36. The molecule has 0 atom stereocenters. The molecule has 0 aromatic carbocycles. The Hall–Kier alpha value is -3.09. The number of nitrogens with zero attached hydrogens (tertiary/aromatic N) is 5. The summed E-state index contributed by atoms with van der Waals surface area (Å²) in [7, 11) is 0. The van der Waals surface area contributed by atoms with E-state index < -0.39 is 5.97 Å². The molecule has 3 rings (SSSR count). The molecule has 0 aliphatic rings. The highest BCUT2D eigenvalue weighted by Crippen LogP contribution is 2.20. The van der Waals surface area contributed by atoms with E-state index in [0.29, 0.717) is 11.6 Å². The summed E-state index contributed by atoms with van der Waals surface area (Å²) in [6.07, 6.45) is 6.24. The Morgan fingerprint density at radius 3 is 2.73 bits per heavy atom. The van der Waals surface area contributed by atoms with Gasteiger partial charge in [-0.2, -0.15) is 0 Å². The molecule has 3 aromatic heterocycles. The Kier molecular flexibility index (Phi) is 3.38. The summed E-state index contributed by atoms with van der Waals surface area (Å²) in [6, 6.07) is 3.69. The van der Waals surface area contributed by atoms with Gasteiger partial charge in [0.1, 0.15) is 12.1 Å². The lowest BCUT2D eigenvalue weighted by Crippen LogP contribution is -2.05. The zero-order valence-electron chi connectivity index (χ0n) is 12.1. The number of pyridine rings is 1. The average Bonchev–Trinajstić information content (AvgIpc) is 3.01. The fourth-order valence-corrected chi connectivity index (χ4v) is 2.04. The van der Waals surface area contributed by atoms with Gasteiger partial charge in [0.15, 0.2) is 11.5 Å². The highest BCUT2D eigenvalue weighted by atomic mass is 16.4. The van der Waals surface area contributed by atoms with Crippen LogP contribution in [0.4, 0.5) is 0 Å². The number of aromatic carboxylic acids is 1. The van der Waals surface area contributed by atoms with E-state index in [1.54, 1.807) is 17.0 Å². The lowest BCUT2D eigenvalue weighted by Gasteiger charge is -2.10. The molecule has 3 aromatic rings. The molecular formula is C15H13N5O2. The molecule has 0 spiro atoms. The monoisotopic (exact) mass is 295 g/mol. The Bertz CT molecular complexity index is 842. The highest BCUT2D eigenvalue weighted by molar-refractivity contribution is 5.85. The van der Waals surface area contributed by atoms with E-state index in [-0.39, 0.29) is 5.69 Å². The van der Waals surface area contributed by atoms with Crippen LogP contribution in [0.15, 0.2) is 37.1 Å². The summed E-state index contributed by atoms with van der Waals surface area (Å²) < 4.78 is 1.59. The first-order chi connectivity index (χ1) is 10.6. The van der Waals surface area contributed by atoms with Crippen molar-refractivity contribution in [3.63, 3.8) is 0 Å². The summed E-state index contributed by atoms with van der Waals surface area (Å²) in [4.78, 5) is 27.9. The molecular weight excluding hydrogens is 282 g/mol. The van der Waals surface area contributed by atoms with Crippen molar-refractivity contribution in [1.29, 1.82) is 0 Å². The van der Waals surface area contributed by atoms with E-state index in [1.807, 2.05) is 26.0 Å². The fourth-order valence-electron chi connectivity index (χ4n) is 2.04. The molecule has 0 saturated carbocycles. The van der Waals surface area contributed by atoms with Crippen molar-refractivity contribution >= 4 is 5.97 Å². The number of rotatable bonds is 3. The molecule has 0 radical (unpaired) electrons. The van der Waals surface area contributed by atoms with Crippen molar-refractivity contribution in [3.05, 3.63) is 54.0 Å². The maximum atomic E-state index is 11.0. The van der Waals surface area contributed by atoms with Gasteiger partial charge in [0.05, 0.1) is 0 Å². The third kappa shape index (κ3) is 2.44. The first-order valence-electron chi connectivity index (χ1n) is 6.59. The summed E-state index contributed by atoms with van der Waals surface area (Å²) in [5.41, 5.74) is 2.44.